The van der Waals surface area contributed by atoms with Crippen LogP contribution in [0.5, 0.6) is 0 Å². The quantitative estimate of drug-likeness (QED) is 0.778. The molecule has 1 unspecified atom stereocenters. The number of carbonyl (C=O) groups excluding carboxylic acids is 1. The number of anilines is 1. The first kappa shape index (κ1) is 13.6. The first-order valence-corrected chi connectivity index (χ1v) is 7.32. The van der Waals surface area contributed by atoms with E-state index in [1.165, 1.54) is 11.1 Å². The summed E-state index contributed by atoms with van der Waals surface area (Å²) in [5.41, 5.74) is 3.55. The summed E-state index contributed by atoms with van der Waals surface area (Å²) < 4.78 is 0. The molecule has 0 radical (unpaired) electrons. The average Bonchev–Trinajstić information content (AvgIpc) is 2.90. The fourth-order valence-corrected chi connectivity index (χ4v) is 2.77. The van der Waals surface area contributed by atoms with Crippen LogP contribution in [0.4, 0.5) is 5.69 Å². The van der Waals surface area contributed by atoms with E-state index in [9.17, 15) is 4.79 Å². The van der Waals surface area contributed by atoms with Gasteiger partial charge < -0.3 is 4.90 Å². The second kappa shape index (κ2) is 5.96. The monoisotopic (exact) mass is 277 g/mol. The van der Waals surface area contributed by atoms with Crippen molar-refractivity contribution in [2.24, 2.45) is 5.92 Å². The van der Waals surface area contributed by atoms with Crippen LogP contribution < -0.4 is 4.90 Å². The molecule has 1 aliphatic rings. The van der Waals surface area contributed by atoms with Crippen LogP contribution in [0.3, 0.4) is 0 Å². The molecule has 1 saturated heterocycles. The van der Waals surface area contributed by atoms with Gasteiger partial charge >= 0.3 is 0 Å². The van der Waals surface area contributed by atoms with E-state index in [1.54, 1.807) is 0 Å². The van der Waals surface area contributed by atoms with E-state index >= 15 is 0 Å². The van der Waals surface area contributed by atoms with Crippen LogP contribution >= 0.6 is 0 Å². The van der Waals surface area contributed by atoms with Crippen LogP contribution in [0.25, 0.3) is 0 Å². The lowest BCUT2D eigenvalue weighted by Gasteiger charge is -2.16. The maximum Gasteiger partial charge on any atom is 0.227 e. The molecule has 2 heteroatoms. The number of rotatable bonds is 4. The Hall–Kier alpha value is -2.35. The molecule has 21 heavy (non-hydrogen) atoms. The highest BCUT2D eigenvalue weighted by atomic mass is 16.2. The van der Waals surface area contributed by atoms with Crippen LogP contribution in [0.15, 0.2) is 67.3 Å². The van der Waals surface area contributed by atoms with Gasteiger partial charge in [0.2, 0.25) is 5.91 Å². The van der Waals surface area contributed by atoms with E-state index in [0.717, 1.165) is 18.7 Å². The van der Waals surface area contributed by atoms with E-state index in [2.05, 4.69) is 43.0 Å². The molecule has 0 spiro atoms. The molecule has 1 aliphatic heterocycles. The van der Waals surface area contributed by atoms with Gasteiger partial charge in [-0.3, -0.25) is 4.79 Å². The lowest BCUT2D eigenvalue weighted by molar-refractivity contribution is -0.117. The molecule has 0 bridgehead atoms. The highest BCUT2D eigenvalue weighted by Crippen LogP contribution is 2.26. The Morgan fingerprint density at radius 1 is 1.05 bits per heavy atom. The first-order chi connectivity index (χ1) is 10.3. The van der Waals surface area contributed by atoms with Gasteiger partial charge in [0.15, 0.2) is 0 Å². The molecule has 2 aromatic carbocycles. The van der Waals surface area contributed by atoms with Crippen LogP contribution in [-0.4, -0.2) is 12.5 Å². The normalized spacial score (nSPS) is 18.0. The molecule has 0 aliphatic carbocycles. The smallest absolute Gasteiger partial charge is 0.227 e. The number of hydrogen-bond acceptors (Lipinski definition) is 1. The number of amides is 1. The maximum atomic E-state index is 12.0. The average molecular weight is 277 g/mol. The summed E-state index contributed by atoms with van der Waals surface area (Å²) in [4.78, 5) is 13.9. The van der Waals surface area contributed by atoms with Crippen molar-refractivity contribution in [1.82, 2.24) is 0 Å². The topological polar surface area (TPSA) is 20.3 Å². The second-order valence-electron chi connectivity index (χ2n) is 5.53. The molecule has 3 rings (SSSR count). The number of nitrogens with zero attached hydrogens (tertiary/aromatic N) is 1. The Balaban J connectivity index is 1.72. The number of carbonyl (C=O) groups is 1. The molecule has 2 nitrogen and oxygen atoms in total. The van der Waals surface area contributed by atoms with Gasteiger partial charge in [0, 0.05) is 24.6 Å². The van der Waals surface area contributed by atoms with Gasteiger partial charge in [-0.25, -0.2) is 0 Å². The maximum absolute atomic E-state index is 12.0. The van der Waals surface area contributed by atoms with Crippen molar-refractivity contribution in [3.8, 4) is 0 Å². The third-order valence-electron chi connectivity index (χ3n) is 3.99. The molecule has 2 aromatic rings. The van der Waals surface area contributed by atoms with E-state index in [0.29, 0.717) is 6.42 Å². The molecule has 1 heterocycles. The SMILES string of the molecule is C=CC1CC(=O)N(c2ccc(Cc3ccccc3)cc2)C1. The molecular formula is C19H19NO. The number of benzene rings is 2. The van der Waals surface area contributed by atoms with Crippen molar-refractivity contribution in [2.75, 3.05) is 11.4 Å². The Morgan fingerprint density at radius 3 is 2.33 bits per heavy atom. The molecule has 1 amide bonds. The summed E-state index contributed by atoms with van der Waals surface area (Å²) in [6, 6.07) is 18.7. The summed E-state index contributed by atoms with van der Waals surface area (Å²) in [6.45, 7) is 4.54. The van der Waals surface area contributed by atoms with Gasteiger partial charge in [0.05, 0.1) is 0 Å². The Labute approximate surface area is 125 Å². The van der Waals surface area contributed by atoms with Crippen molar-refractivity contribution in [3.63, 3.8) is 0 Å². The molecule has 106 valence electrons. The molecule has 0 aromatic heterocycles. The zero-order valence-electron chi connectivity index (χ0n) is 12.0. The zero-order valence-corrected chi connectivity index (χ0v) is 12.0. The van der Waals surface area contributed by atoms with E-state index in [4.69, 9.17) is 0 Å². The van der Waals surface area contributed by atoms with E-state index in [1.807, 2.05) is 29.2 Å². The second-order valence-corrected chi connectivity index (χ2v) is 5.53. The highest BCUT2D eigenvalue weighted by molar-refractivity contribution is 5.95. The molecule has 0 N–H and O–H groups in total. The summed E-state index contributed by atoms with van der Waals surface area (Å²) in [5.74, 6) is 0.470. The predicted molar refractivity (Wildman–Crippen MR) is 86.3 cm³/mol. The van der Waals surface area contributed by atoms with Gasteiger partial charge in [-0.05, 0) is 29.7 Å². The third-order valence-corrected chi connectivity index (χ3v) is 3.99. The summed E-state index contributed by atoms with van der Waals surface area (Å²) >= 11 is 0. The fraction of sp³-hybridized carbons (Fsp3) is 0.211. The minimum Gasteiger partial charge on any atom is -0.312 e. The van der Waals surface area contributed by atoms with Gasteiger partial charge in [-0.15, -0.1) is 6.58 Å². The van der Waals surface area contributed by atoms with Gasteiger partial charge in [0.25, 0.3) is 0 Å². The Bertz CT molecular complexity index is 630. The minimum atomic E-state index is 0.190. The number of hydrogen-bond donors (Lipinski definition) is 0. The van der Waals surface area contributed by atoms with Crippen LogP contribution in [0.2, 0.25) is 0 Å². The van der Waals surface area contributed by atoms with Crippen LogP contribution in [0.1, 0.15) is 17.5 Å². The lowest BCUT2D eigenvalue weighted by Crippen LogP contribution is -2.24. The first-order valence-electron chi connectivity index (χ1n) is 7.32. The third kappa shape index (κ3) is 3.05. The van der Waals surface area contributed by atoms with Crippen LogP contribution in [-0.2, 0) is 11.2 Å². The van der Waals surface area contributed by atoms with Crippen molar-refractivity contribution >= 4 is 11.6 Å². The zero-order chi connectivity index (χ0) is 14.7. The molecular weight excluding hydrogens is 258 g/mol. The summed E-state index contributed by atoms with van der Waals surface area (Å²) in [6.07, 6.45) is 3.38. The standard InChI is InChI=1S/C19H19NO/c1-2-15-13-19(21)20(14-15)18-10-8-17(9-11-18)12-16-6-4-3-5-7-16/h2-11,15H,1,12-14H2. The van der Waals surface area contributed by atoms with Gasteiger partial charge in [-0.2, -0.15) is 0 Å². The van der Waals surface area contributed by atoms with Gasteiger partial charge in [-0.1, -0.05) is 48.5 Å². The van der Waals surface area contributed by atoms with E-state index in [-0.39, 0.29) is 11.8 Å². The Morgan fingerprint density at radius 2 is 1.71 bits per heavy atom. The molecule has 0 saturated carbocycles. The van der Waals surface area contributed by atoms with Crippen LogP contribution in [0, 0.1) is 5.92 Å². The predicted octanol–water partition coefficient (Wildman–Crippen LogP) is 3.82. The van der Waals surface area contributed by atoms with Crippen molar-refractivity contribution in [2.45, 2.75) is 12.8 Å². The summed E-state index contributed by atoms with van der Waals surface area (Å²) in [5, 5.41) is 0. The van der Waals surface area contributed by atoms with E-state index < -0.39 is 0 Å². The fourth-order valence-electron chi connectivity index (χ4n) is 2.77. The van der Waals surface area contributed by atoms with Crippen molar-refractivity contribution in [3.05, 3.63) is 78.4 Å². The van der Waals surface area contributed by atoms with Crippen molar-refractivity contribution < 1.29 is 4.79 Å². The van der Waals surface area contributed by atoms with Crippen molar-refractivity contribution in [1.29, 1.82) is 0 Å². The van der Waals surface area contributed by atoms with Gasteiger partial charge in [0.1, 0.15) is 0 Å². The molecule has 1 fully saturated rings. The largest absolute Gasteiger partial charge is 0.312 e. The highest BCUT2D eigenvalue weighted by Gasteiger charge is 2.28. The lowest BCUT2D eigenvalue weighted by atomic mass is 10.0. The Kier molecular flexibility index (Phi) is 3.87. The minimum absolute atomic E-state index is 0.190. The summed E-state index contributed by atoms with van der Waals surface area (Å²) in [7, 11) is 0. The molecule has 1 atom stereocenters.